The van der Waals surface area contributed by atoms with E-state index in [0.717, 1.165) is 38.8 Å². The number of carbonyl (C=O) groups is 2. The number of carbonyl (C=O) groups excluding carboxylic acids is 2. The van der Waals surface area contributed by atoms with Crippen LogP contribution in [0.15, 0.2) is 30.3 Å². The lowest BCUT2D eigenvalue weighted by Crippen LogP contribution is -2.51. The summed E-state index contributed by atoms with van der Waals surface area (Å²) >= 11 is 0. The van der Waals surface area contributed by atoms with Crippen molar-refractivity contribution < 1.29 is 9.59 Å². The minimum absolute atomic E-state index is 0.00143. The van der Waals surface area contributed by atoms with Crippen LogP contribution in [0.5, 0.6) is 0 Å². The molecule has 1 aromatic carbocycles. The molecule has 5 nitrogen and oxygen atoms in total. The zero-order valence-corrected chi connectivity index (χ0v) is 13.7. The first-order valence-electron chi connectivity index (χ1n) is 8.53. The molecular weight excluding hydrogens is 290 g/mol. The van der Waals surface area contributed by atoms with Gasteiger partial charge in [-0.05, 0) is 37.8 Å². The molecule has 0 saturated carbocycles. The number of anilines is 1. The van der Waals surface area contributed by atoms with E-state index in [1.54, 1.807) is 11.8 Å². The van der Waals surface area contributed by atoms with Gasteiger partial charge in [0.1, 0.15) is 6.04 Å². The third-order valence-electron chi connectivity index (χ3n) is 4.92. The molecule has 1 aromatic rings. The van der Waals surface area contributed by atoms with Crippen LogP contribution >= 0.6 is 0 Å². The molecule has 2 saturated heterocycles. The van der Waals surface area contributed by atoms with E-state index >= 15 is 0 Å². The van der Waals surface area contributed by atoms with E-state index in [0.29, 0.717) is 6.54 Å². The number of nitrogens with one attached hydrogen (secondary N) is 1. The van der Waals surface area contributed by atoms with E-state index in [4.69, 9.17) is 0 Å². The van der Waals surface area contributed by atoms with E-state index in [9.17, 15) is 9.59 Å². The van der Waals surface area contributed by atoms with Crippen molar-refractivity contribution in [3.63, 3.8) is 0 Å². The van der Waals surface area contributed by atoms with Crippen molar-refractivity contribution in [3.05, 3.63) is 30.3 Å². The standard InChI is InChI=1S/C18H25N3O2/c1-14(22)21-11-5-8-17(21)18(23)19-15-9-12-20(13-10-15)16-6-3-2-4-7-16/h2-4,6-7,15,17H,5,8-13H2,1H3,(H,19,23). The lowest BCUT2D eigenvalue weighted by molar-refractivity contribution is -0.137. The van der Waals surface area contributed by atoms with E-state index in [-0.39, 0.29) is 23.9 Å². The van der Waals surface area contributed by atoms with Crippen LogP contribution in [0.2, 0.25) is 0 Å². The van der Waals surface area contributed by atoms with Crippen molar-refractivity contribution in [2.24, 2.45) is 0 Å². The summed E-state index contributed by atoms with van der Waals surface area (Å²) in [4.78, 5) is 28.1. The van der Waals surface area contributed by atoms with Crippen LogP contribution in [0, 0.1) is 0 Å². The summed E-state index contributed by atoms with van der Waals surface area (Å²) < 4.78 is 0. The van der Waals surface area contributed by atoms with Gasteiger partial charge in [-0.3, -0.25) is 9.59 Å². The minimum atomic E-state index is -0.264. The monoisotopic (exact) mass is 315 g/mol. The Morgan fingerprint density at radius 1 is 1.04 bits per heavy atom. The van der Waals surface area contributed by atoms with Crippen molar-refractivity contribution >= 4 is 17.5 Å². The van der Waals surface area contributed by atoms with Gasteiger partial charge >= 0.3 is 0 Å². The minimum Gasteiger partial charge on any atom is -0.371 e. The molecule has 2 aliphatic heterocycles. The number of hydrogen-bond acceptors (Lipinski definition) is 3. The molecule has 1 N–H and O–H groups in total. The van der Waals surface area contributed by atoms with Crippen LogP contribution < -0.4 is 10.2 Å². The van der Waals surface area contributed by atoms with Gasteiger partial charge < -0.3 is 15.1 Å². The topological polar surface area (TPSA) is 52.7 Å². The molecule has 2 fully saturated rings. The van der Waals surface area contributed by atoms with Gasteiger partial charge in [0.05, 0.1) is 0 Å². The summed E-state index contributed by atoms with van der Waals surface area (Å²) in [5, 5.41) is 3.16. The van der Waals surface area contributed by atoms with Gasteiger partial charge in [0.15, 0.2) is 0 Å². The van der Waals surface area contributed by atoms with Crippen molar-refractivity contribution in [2.75, 3.05) is 24.5 Å². The Morgan fingerprint density at radius 2 is 1.74 bits per heavy atom. The SMILES string of the molecule is CC(=O)N1CCCC1C(=O)NC1CCN(c2ccccc2)CC1. The molecule has 0 radical (unpaired) electrons. The number of para-hydroxylation sites is 1. The Kier molecular flexibility index (Phi) is 4.84. The number of benzene rings is 1. The van der Waals surface area contributed by atoms with Gasteiger partial charge in [-0.2, -0.15) is 0 Å². The number of piperidine rings is 1. The largest absolute Gasteiger partial charge is 0.371 e. The molecule has 0 bridgehead atoms. The summed E-state index contributed by atoms with van der Waals surface area (Å²) in [6.45, 7) is 4.16. The molecule has 0 aromatic heterocycles. The smallest absolute Gasteiger partial charge is 0.243 e. The van der Waals surface area contributed by atoms with Gasteiger partial charge in [-0.1, -0.05) is 18.2 Å². The number of amides is 2. The van der Waals surface area contributed by atoms with E-state index in [1.165, 1.54) is 5.69 Å². The highest BCUT2D eigenvalue weighted by Crippen LogP contribution is 2.21. The van der Waals surface area contributed by atoms with E-state index < -0.39 is 0 Å². The first-order valence-corrected chi connectivity index (χ1v) is 8.53. The van der Waals surface area contributed by atoms with Crippen LogP contribution in [-0.2, 0) is 9.59 Å². The van der Waals surface area contributed by atoms with Crippen molar-refractivity contribution in [1.29, 1.82) is 0 Å². The molecular formula is C18H25N3O2. The Balaban J connectivity index is 1.51. The first-order chi connectivity index (χ1) is 11.1. The fraction of sp³-hybridized carbons (Fsp3) is 0.556. The third kappa shape index (κ3) is 3.66. The molecule has 23 heavy (non-hydrogen) atoms. The van der Waals surface area contributed by atoms with Crippen LogP contribution in [0.3, 0.4) is 0 Å². The van der Waals surface area contributed by atoms with Crippen LogP contribution in [0.1, 0.15) is 32.6 Å². The number of nitrogens with zero attached hydrogens (tertiary/aromatic N) is 2. The van der Waals surface area contributed by atoms with Gasteiger partial charge in [0.25, 0.3) is 0 Å². The lowest BCUT2D eigenvalue weighted by atomic mass is 10.0. The molecule has 1 unspecified atom stereocenters. The summed E-state index contributed by atoms with van der Waals surface area (Å²) in [7, 11) is 0. The number of rotatable bonds is 3. The van der Waals surface area contributed by atoms with Crippen molar-refractivity contribution in [1.82, 2.24) is 10.2 Å². The first kappa shape index (κ1) is 15.8. The van der Waals surface area contributed by atoms with Crippen LogP contribution in [-0.4, -0.2) is 48.4 Å². The Labute approximate surface area is 137 Å². The van der Waals surface area contributed by atoms with E-state index in [2.05, 4.69) is 34.5 Å². The molecule has 0 spiro atoms. The molecule has 2 heterocycles. The third-order valence-corrected chi connectivity index (χ3v) is 4.92. The van der Waals surface area contributed by atoms with Gasteiger partial charge in [0.2, 0.25) is 11.8 Å². The quantitative estimate of drug-likeness (QED) is 0.925. The number of likely N-dealkylation sites (tertiary alicyclic amines) is 1. The zero-order valence-electron chi connectivity index (χ0n) is 13.7. The maximum Gasteiger partial charge on any atom is 0.243 e. The molecule has 1 atom stereocenters. The maximum atomic E-state index is 12.5. The molecule has 2 amide bonds. The molecule has 124 valence electrons. The summed E-state index contributed by atoms with van der Waals surface area (Å²) in [6.07, 6.45) is 3.61. The lowest BCUT2D eigenvalue weighted by Gasteiger charge is -2.35. The Morgan fingerprint density at radius 3 is 2.39 bits per heavy atom. The Hall–Kier alpha value is -2.04. The molecule has 2 aliphatic rings. The van der Waals surface area contributed by atoms with E-state index in [1.807, 2.05) is 6.07 Å². The molecule has 3 rings (SSSR count). The highest BCUT2D eigenvalue weighted by Gasteiger charge is 2.33. The number of hydrogen-bond donors (Lipinski definition) is 1. The predicted octanol–water partition coefficient (Wildman–Crippen LogP) is 1.78. The zero-order chi connectivity index (χ0) is 16.2. The second-order valence-corrected chi connectivity index (χ2v) is 6.48. The fourth-order valence-electron chi connectivity index (χ4n) is 3.63. The normalized spacial score (nSPS) is 22.2. The Bertz CT molecular complexity index is 553. The second kappa shape index (κ2) is 7.02. The van der Waals surface area contributed by atoms with Crippen molar-refractivity contribution in [3.8, 4) is 0 Å². The highest BCUT2D eigenvalue weighted by atomic mass is 16.2. The van der Waals surface area contributed by atoms with Gasteiger partial charge in [0, 0.05) is 38.3 Å². The highest BCUT2D eigenvalue weighted by molar-refractivity contribution is 5.87. The van der Waals surface area contributed by atoms with Gasteiger partial charge in [-0.25, -0.2) is 0 Å². The summed E-state index contributed by atoms with van der Waals surface area (Å²) in [6, 6.07) is 10.3. The fourth-order valence-corrected chi connectivity index (χ4v) is 3.63. The van der Waals surface area contributed by atoms with Crippen LogP contribution in [0.25, 0.3) is 0 Å². The average molecular weight is 315 g/mol. The molecule has 0 aliphatic carbocycles. The van der Waals surface area contributed by atoms with Crippen molar-refractivity contribution in [2.45, 2.75) is 44.7 Å². The van der Waals surface area contributed by atoms with Crippen LogP contribution in [0.4, 0.5) is 5.69 Å². The van der Waals surface area contributed by atoms with Gasteiger partial charge in [-0.15, -0.1) is 0 Å². The predicted molar refractivity (Wildman–Crippen MR) is 90.2 cm³/mol. The second-order valence-electron chi connectivity index (χ2n) is 6.48. The molecule has 5 heteroatoms. The summed E-state index contributed by atoms with van der Waals surface area (Å²) in [5.74, 6) is 0.0254. The average Bonchev–Trinajstić information content (AvgIpc) is 3.06. The summed E-state index contributed by atoms with van der Waals surface area (Å²) in [5.41, 5.74) is 1.25. The maximum absolute atomic E-state index is 12.5.